The van der Waals surface area contributed by atoms with E-state index >= 15 is 0 Å². The van der Waals surface area contributed by atoms with E-state index in [0.717, 1.165) is 0 Å². The molecular formula is C4H5N3O2. The van der Waals surface area contributed by atoms with Gasteiger partial charge in [0.05, 0.1) is 0 Å². The molecule has 0 spiro atoms. The summed E-state index contributed by atoms with van der Waals surface area (Å²) in [5.74, 6) is 0. The highest BCUT2D eigenvalue weighted by atomic mass is 16.2. The minimum Gasteiger partial charge on any atom is -0.282 e. The van der Waals surface area contributed by atoms with Crippen molar-refractivity contribution in [1.82, 2.24) is 15.4 Å². The molecule has 0 fully saturated rings. The molecule has 1 aromatic heterocycles. The van der Waals surface area contributed by atoms with E-state index in [2.05, 4.69) is 10.3 Å². The largest absolute Gasteiger partial charge is 0.313 e. The Balaban J connectivity index is 3.63. The van der Waals surface area contributed by atoms with Crippen molar-refractivity contribution in [3.05, 3.63) is 26.3 Å². The molecule has 1 rings (SSSR count). The summed E-state index contributed by atoms with van der Waals surface area (Å²) in [6.07, 6.45) is 0. The lowest BCUT2D eigenvalue weighted by Crippen LogP contribution is -2.30. The van der Waals surface area contributed by atoms with E-state index in [9.17, 15) is 9.59 Å². The number of hydrogen-bond acceptors (Lipinski definition) is 3. The maximum atomic E-state index is 10.5. The summed E-state index contributed by atoms with van der Waals surface area (Å²) in [5, 5.41) is 7.66. The van der Waals surface area contributed by atoms with E-state index in [-0.39, 0.29) is 5.69 Å². The highest BCUT2D eigenvalue weighted by molar-refractivity contribution is 4.92. The van der Waals surface area contributed by atoms with Gasteiger partial charge in [-0.2, -0.15) is 5.10 Å². The van der Waals surface area contributed by atoms with Crippen molar-refractivity contribution in [3.63, 3.8) is 0 Å². The van der Waals surface area contributed by atoms with Crippen molar-refractivity contribution < 1.29 is 0 Å². The van der Waals surface area contributed by atoms with Gasteiger partial charge in [0.15, 0.2) is 0 Å². The molecule has 5 heteroatoms. The van der Waals surface area contributed by atoms with Crippen LogP contribution in [0, 0.1) is 6.92 Å². The van der Waals surface area contributed by atoms with Crippen molar-refractivity contribution in [2.24, 2.45) is 0 Å². The molecule has 0 amide bonds. The number of nitrogens with one attached hydrogen (secondary N) is 2. The highest BCUT2D eigenvalue weighted by Gasteiger charge is 1.95. The van der Waals surface area contributed by atoms with Crippen molar-refractivity contribution >= 4 is 0 Å². The first-order valence-corrected chi connectivity index (χ1v) is 2.36. The summed E-state index contributed by atoms with van der Waals surface area (Å²) in [6, 6.07) is 0. The van der Waals surface area contributed by atoms with Crippen LogP contribution < -0.4 is 11.0 Å². The zero-order chi connectivity index (χ0) is 6.85. The Morgan fingerprint density at radius 3 is 2.56 bits per heavy atom. The Hall–Kier alpha value is -1.39. The molecular weight excluding hydrogens is 122 g/mol. The van der Waals surface area contributed by atoms with Gasteiger partial charge in [0, 0.05) is 0 Å². The molecule has 1 aromatic rings. The average Bonchev–Trinajstić information content (AvgIpc) is 1.83. The van der Waals surface area contributed by atoms with Crippen LogP contribution in [0.1, 0.15) is 5.69 Å². The van der Waals surface area contributed by atoms with Gasteiger partial charge in [-0.25, -0.2) is 10.3 Å². The predicted molar refractivity (Wildman–Crippen MR) is 30.2 cm³/mol. The van der Waals surface area contributed by atoms with Crippen LogP contribution >= 0.6 is 0 Å². The van der Waals surface area contributed by atoms with E-state index in [1.807, 2.05) is 5.10 Å². The Labute approximate surface area is 49.7 Å². The van der Waals surface area contributed by atoms with E-state index in [0.29, 0.717) is 0 Å². The fourth-order valence-corrected chi connectivity index (χ4v) is 0.434. The lowest BCUT2D eigenvalue weighted by Gasteiger charge is -1.83. The number of hydrogen-bond donors (Lipinski definition) is 2. The van der Waals surface area contributed by atoms with Gasteiger partial charge < -0.3 is 0 Å². The summed E-state index contributed by atoms with van der Waals surface area (Å²) in [6.45, 7) is 1.47. The lowest BCUT2D eigenvalue weighted by atomic mass is 10.5. The molecule has 9 heavy (non-hydrogen) atoms. The van der Waals surface area contributed by atoms with Crippen LogP contribution in [-0.4, -0.2) is 15.4 Å². The molecule has 0 aliphatic heterocycles. The third-order valence-corrected chi connectivity index (χ3v) is 0.928. The third-order valence-electron chi connectivity index (χ3n) is 0.928. The fourth-order valence-electron chi connectivity index (χ4n) is 0.434. The van der Waals surface area contributed by atoms with Crippen LogP contribution in [-0.2, 0) is 0 Å². The second-order valence-electron chi connectivity index (χ2n) is 1.59. The number of aryl methyl sites for hydroxylation is 1. The topological polar surface area (TPSA) is 78.6 Å². The molecule has 0 radical (unpaired) electrons. The van der Waals surface area contributed by atoms with Crippen LogP contribution in [0.4, 0.5) is 0 Å². The van der Waals surface area contributed by atoms with Gasteiger partial charge in [-0.3, -0.25) is 9.59 Å². The summed E-state index contributed by atoms with van der Waals surface area (Å²) >= 11 is 0. The smallest absolute Gasteiger partial charge is 0.282 e. The van der Waals surface area contributed by atoms with Crippen LogP contribution in [0.15, 0.2) is 9.59 Å². The monoisotopic (exact) mass is 127 g/mol. The zero-order valence-electron chi connectivity index (χ0n) is 4.76. The minimum atomic E-state index is -0.664. The van der Waals surface area contributed by atoms with Crippen molar-refractivity contribution in [3.8, 4) is 0 Å². The van der Waals surface area contributed by atoms with Gasteiger partial charge >= 0.3 is 5.56 Å². The molecule has 0 saturated carbocycles. The van der Waals surface area contributed by atoms with Crippen LogP contribution in [0.25, 0.3) is 0 Å². The molecule has 0 aliphatic rings. The molecule has 0 unspecified atom stereocenters. The summed E-state index contributed by atoms with van der Waals surface area (Å²) < 4.78 is 0. The van der Waals surface area contributed by atoms with Crippen LogP contribution in [0.3, 0.4) is 0 Å². The Kier molecular flexibility index (Phi) is 1.18. The molecule has 0 bridgehead atoms. The predicted octanol–water partition coefficient (Wildman–Crippen LogP) is -1.23. The first-order valence-electron chi connectivity index (χ1n) is 2.36. The Morgan fingerprint density at radius 1 is 1.44 bits per heavy atom. The minimum absolute atomic E-state index is 0.179. The normalized spacial score (nSPS) is 9.44. The maximum absolute atomic E-state index is 10.5. The molecule has 1 heterocycles. The number of aromatic nitrogens is 3. The summed E-state index contributed by atoms with van der Waals surface area (Å²) in [7, 11) is 0. The molecule has 0 aliphatic carbocycles. The Bertz CT molecular complexity index is 310. The van der Waals surface area contributed by atoms with Gasteiger partial charge in [0.1, 0.15) is 5.69 Å². The SMILES string of the molecule is Cc1n[nH][nH]c(=O)c1=O. The zero-order valence-corrected chi connectivity index (χ0v) is 4.76. The van der Waals surface area contributed by atoms with Gasteiger partial charge in [-0.05, 0) is 6.92 Å². The Morgan fingerprint density at radius 2 is 2.11 bits per heavy atom. The molecule has 48 valence electrons. The van der Waals surface area contributed by atoms with Crippen molar-refractivity contribution in [1.29, 1.82) is 0 Å². The third kappa shape index (κ3) is 0.883. The first kappa shape index (κ1) is 5.74. The quantitative estimate of drug-likeness (QED) is 0.428. The molecule has 0 aromatic carbocycles. The molecule has 0 atom stereocenters. The number of H-pyrrole nitrogens is 2. The van der Waals surface area contributed by atoms with Crippen LogP contribution in [0.2, 0.25) is 0 Å². The number of rotatable bonds is 0. The van der Waals surface area contributed by atoms with Gasteiger partial charge in [0.2, 0.25) is 0 Å². The maximum Gasteiger partial charge on any atom is 0.313 e. The molecule has 0 saturated heterocycles. The van der Waals surface area contributed by atoms with Crippen molar-refractivity contribution in [2.45, 2.75) is 6.92 Å². The first-order chi connectivity index (χ1) is 4.22. The van der Waals surface area contributed by atoms with Gasteiger partial charge in [-0.15, -0.1) is 0 Å². The van der Waals surface area contributed by atoms with Crippen LogP contribution in [0.5, 0.6) is 0 Å². The highest BCUT2D eigenvalue weighted by Crippen LogP contribution is 1.64. The standard InChI is InChI=1S/C4H5N3O2/c1-2-3(8)4(9)6-7-5-2/h1H3,(H,7,8)(H,5,6,9). The van der Waals surface area contributed by atoms with E-state index in [1.165, 1.54) is 6.92 Å². The second kappa shape index (κ2) is 1.85. The van der Waals surface area contributed by atoms with E-state index < -0.39 is 11.0 Å². The van der Waals surface area contributed by atoms with Gasteiger partial charge in [0.25, 0.3) is 5.43 Å². The second-order valence-corrected chi connectivity index (χ2v) is 1.59. The number of aromatic amines is 2. The van der Waals surface area contributed by atoms with Crippen molar-refractivity contribution in [2.75, 3.05) is 0 Å². The average molecular weight is 127 g/mol. The van der Waals surface area contributed by atoms with Gasteiger partial charge in [-0.1, -0.05) is 0 Å². The lowest BCUT2D eigenvalue weighted by molar-refractivity contribution is 0.802. The molecule has 2 N–H and O–H groups in total. The van der Waals surface area contributed by atoms with E-state index in [1.54, 1.807) is 0 Å². The fraction of sp³-hybridized carbons (Fsp3) is 0.250. The number of nitrogens with zero attached hydrogens (tertiary/aromatic N) is 1. The van der Waals surface area contributed by atoms with E-state index in [4.69, 9.17) is 0 Å². The summed E-state index contributed by atoms with van der Waals surface area (Å²) in [5.41, 5.74) is -1.07. The summed E-state index contributed by atoms with van der Waals surface area (Å²) in [4.78, 5) is 20.9. The molecule has 5 nitrogen and oxygen atoms in total.